The van der Waals surface area contributed by atoms with Crippen LogP contribution in [-0.4, -0.2) is 24.9 Å². The number of nitrogens with one attached hydrogen (secondary N) is 1. The van der Waals surface area contributed by atoms with Gasteiger partial charge in [-0.3, -0.25) is 0 Å². The topological polar surface area (TPSA) is 41.5 Å². The lowest BCUT2D eigenvalue weighted by molar-refractivity contribution is 0.269. The maximum Gasteiger partial charge on any atom is 0.120 e. The van der Waals surface area contributed by atoms with Crippen molar-refractivity contribution in [1.82, 2.24) is 0 Å². The summed E-state index contributed by atoms with van der Waals surface area (Å²) >= 11 is 0. The third kappa shape index (κ3) is 4.28. The summed E-state index contributed by atoms with van der Waals surface area (Å²) in [5.41, 5.74) is 2.26. The molecule has 1 unspecified atom stereocenters. The first-order chi connectivity index (χ1) is 9.81. The van der Waals surface area contributed by atoms with Crippen molar-refractivity contribution in [1.29, 1.82) is 0 Å². The summed E-state index contributed by atoms with van der Waals surface area (Å²) in [6.07, 6.45) is 1.83. The molecule has 3 heteroatoms. The molecule has 0 aliphatic rings. The van der Waals surface area contributed by atoms with Gasteiger partial charge >= 0.3 is 0 Å². The molecular formula is C17H21NO2. The Balaban J connectivity index is 1.91. The molecule has 0 spiro atoms. The number of anilines is 1. The molecule has 0 fully saturated rings. The van der Waals surface area contributed by atoms with E-state index in [1.54, 1.807) is 7.11 Å². The van der Waals surface area contributed by atoms with Crippen LogP contribution in [0.1, 0.15) is 12.0 Å². The Morgan fingerprint density at radius 2 is 1.90 bits per heavy atom. The molecule has 0 heterocycles. The second-order valence-electron chi connectivity index (χ2n) is 4.78. The van der Waals surface area contributed by atoms with Crippen LogP contribution in [0.5, 0.6) is 5.75 Å². The molecule has 0 amide bonds. The number of hydrogen-bond donors (Lipinski definition) is 2. The van der Waals surface area contributed by atoms with Gasteiger partial charge in [-0.1, -0.05) is 36.4 Å². The predicted octanol–water partition coefficient (Wildman–Crippen LogP) is 3.10. The van der Waals surface area contributed by atoms with Crippen LogP contribution in [0.25, 0.3) is 0 Å². The van der Waals surface area contributed by atoms with E-state index < -0.39 is 0 Å². The average molecular weight is 271 g/mol. The van der Waals surface area contributed by atoms with Crippen molar-refractivity contribution in [3.63, 3.8) is 0 Å². The van der Waals surface area contributed by atoms with Gasteiger partial charge in [-0.15, -0.1) is 0 Å². The molecule has 2 N–H and O–H groups in total. The summed E-state index contributed by atoms with van der Waals surface area (Å²) in [5.74, 6) is 0.815. The minimum atomic E-state index is 0.0438. The van der Waals surface area contributed by atoms with Crippen LogP contribution in [0.3, 0.4) is 0 Å². The predicted molar refractivity (Wildman–Crippen MR) is 82.3 cm³/mol. The molecule has 0 aromatic heterocycles. The molecule has 2 rings (SSSR count). The van der Waals surface area contributed by atoms with Crippen LogP contribution in [0.15, 0.2) is 54.6 Å². The lowest BCUT2D eigenvalue weighted by Crippen LogP contribution is -2.24. The zero-order chi connectivity index (χ0) is 14.2. The molecule has 0 bridgehead atoms. The van der Waals surface area contributed by atoms with Crippen LogP contribution in [0.2, 0.25) is 0 Å². The average Bonchev–Trinajstić information content (AvgIpc) is 2.52. The van der Waals surface area contributed by atoms with Crippen molar-refractivity contribution in [2.24, 2.45) is 0 Å². The van der Waals surface area contributed by atoms with Gasteiger partial charge in [0, 0.05) is 17.8 Å². The number of aliphatic hydroxyl groups is 1. The molecule has 106 valence electrons. The summed E-state index contributed by atoms with van der Waals surface area (Å²) in [6.45, 7) is 0.115. The summed E-state index contributed by atoms with van der Waals surface area (Å²) in [7, 11) is 1.65. The molecule has 1 atom stereocenters. The number of aliphatic hydroxyl groups excluding tert-OH is 1. The van der Waals surface area contributed by atoms with Gasteiger partial charge in [0.2, 0.25) is 0 Å². The van der Waals surface area contributed by atoms with Gasteiger partial charge in [0.05, 0.1) is 13.7 Å². The van der Waals surface area contributed by atoms with E-state index in [-0.39, 0.29) is 12.6 Å². The van der Waals surface area contributed by atoms with Crippen LogP contribution in [0, 0.1) is 0 Å². The Kier molecular flexibility index (Phi) is 5.44. The summed E-state index contributed by atoms with van der Waals surface area (Å²) in [5, 5.41) is 12.8. The standard InChI is InChI=1S/C17H21NO2/c1-20-17-9-5-8-15(12-17)18-16(13-19)11-10-14-6-3-2-4-7-14/h2-9,12,16,18-19H,10-11,13H2,1H3. The van der Waals surface area contributed by atoms with E-state index in [1.807, 2.05) is 42.5 Å². The molecule has 3 nitrogen and oxygen atoms in total. The number of hydrogen-bond acceptors (Lipinski definition) is 3. The highest BCUT2D eigenvalue weighted by molar-refractivity contribution is 5.48. The summed E-state index contributed by atoms with van der Waals surface area (Å²) in [4.78, 5) is 0. The Bertz CT molecular complexity index is 513. The molecular weight excluding hydrogens is 250 g/mol. The monoisotopic (exact) mass is 271 g/mol. The fourth-order valence-electron chi connectivity index (χ4n) is 2.14. The normalized spacial score (nSPS) is 11.9. The van der Waals surface area contributed by atoms with E-state index in [4.69, 9.17) is 4.74 Å². The number of ether oxygens (including phenoxy) is 1. The molecule has 2 aromatic carbocycles. The zero-order valence-corrected chi connectivity index (χ0v) is 11.8. The second kappa shape index (κ2) is 7.56. The Morgan fingerprint density at radius 1 is 1.10 bits per heavy atom. The highest BCUT2D eigenvalue weighted by Crippen LogP contribution is 2.18. The van der Waals surface area contributed by atoms with Crippen molar-refractivity contribution in [2.75, 3.05) is 19.0 Å². The first kappa shape index (κ1) is 14.4. The molecule has 0 aliphatic carbocycles. The van der Waals surface area contributed by atoms with Gasteiger partial charge in [0.1, 0.15) is 5.75 Å². The van der Waals surface area contributed by atoms with Gasteiger partial charge in [0.25, 0.3) is 0 Å². The van der Waals surface area contributed by atoms with Crippen LogP contribution >= 0.6 is 0 Å². The minimum Gasteiger partial charge on any atom is -0.497 e. The van der Waals surface area contributed by atoms with E-state index in [0.29, 0.717) is 0 Å². The first-order valence-electron chi connectivity index (χ1n) is 6.87. The van der Waals surface area contributed by atoms with Gasteiger partial charge in [-0.2, -0.15) is 0 Å². The van der Waals surface area contributed by atoms with Crippen LogP contribution in [0.4, 0.5) is 5.69 Å². The lowest BCUT2D eigenvalue weighted by Gasteiger charge is -2.18. The second-order valence-corrected chi connectivity index (χ2v) is 4.78. The Hall–Kier alpha value is -2.00. The quantitative estimate of drug-likeness (QED) is 0.813. The van der Waals surface area contributed by atoms with E-state index >= 15 is 0 Å². The molecule has 20 heavy (non-hydrogen) atoms. The maximum absolute atomic E-state index is 9.50. The summed E-state index contributed by atoms with van der Waals surface area (Å²) < 4.78 is 5.20. The number of methoxy groups -OCH3 is 1. The molecule has 0 radical (unpaired) electrons. The fraction of sp³-hybridized carbons (Fsp3) is 0.294. The van der Waals surface area contributed by atoms with E-state index in [0.717, 1.165) is 24.3 Å². The fourth-order valence-corrected chi connectivity index (χ4v) is 2.14. The number of rotatable bonds is 7. The first-order valence-corrected chi connectivity index (χ1v) is 6.87. The third-order valence-electron chi connectivity index (χ3n) is 3.29. The van der Waals surface area contributed by atoms with E-state index in [1.165, 1.54) is 5.56 Å². The largest absolute Gasteiger partial charge is 0.497 e. The molecule has 0 saturated carbocycles. The molecule has 0 saturated heterocycles. The third-order valence-corrected chi connectivity index (χ3v) is 3.29. The van der Waals surface area contributed by atoms with Gasteiger partial charge in [0.15, 0.2) is 0 Å². The smallest absolute Gasteiger partial charge is 0.120 e. The van der Waals surface area contributed by atoms with Crippen molar-refractivity contribution < 1.29 is 9.84 Å². The number of benzene rings is 2. The van der Waals surface area contributed by atoms with Crippen LogP contribution < -0.4 is 10.1 Å². The van der Waals surface area contributed by atoms with Crippen molar-refractivity contribution >= 4 is 5.69 Å². The molecule has 2 aromatic rings. The Labute approximate surface area is 120 Å². The molecule has 0 aliphatic heterocycles. The minimum absolute atomic E-state index is 0.0438. The highest BCUT2D eigenvalue weighted by atomic mass is 16.5. The van der Waals surface area contributed by atoms with E-state index in [9.17, 15) is 5.11 Å². The zero-order valence-electron chi connectivity index (χ0n) is 11.8. The number of aryl methyl sites for hydroxylation is 1. The van der Waals surface area contributed by atoms with Crippen LogP contribution in [-0.2, 0) is 6.42 Å². The lowest BCUT2D eigenvalue weighted by atomic mass is 10.1. The maximum atomic E-state index is 9.50. The highest BCUT2D eigenvalue weighted by Gasteiger charge is 2.08. The van der Waals surface area contributed by atoms with Gasteiger partial charge in [-0.05, 0) is 30.5 Å². The van der Waals surface area contributed by atoms with Crippen molar-refractivity contribution in [3.8, 4) is 5.75 Å². The van der Waals surface area contributed by atoms with Crippen molar-refractivity contribution in [3.05, 3.63) is 60.2 Å². The Morgan fingerprint density at radius 3 is 2.60 bits per heavy atom. The van der Waals surface area contributed by atoms with Gasteiger partial charge in [-0.25, -0.2) is 0 Å². The summed E-state index contributed by atoms with van der Waals surface area (Å²) in [6, 6.07) is 18.1. The van der Waals surface area contributed by atoms with Crippen molar-refractivity contribution in [2.45, 2.75) is 18.9 Å². The SMILES string of the molecule is COc1cccc(NC(CO)CCc2ccccc2)c1. The van der Waals surface area contributed by atoms with Gasteiger partial charge < -0.3 is 15.2 Å². The van der Waals surface area contributed by atoms with E-state index in [2.05, 4.69) is 17.4 Å².